The lowest BCUT2D eigenvalue weighted by molar-refractivity contribution is 0.700. The fourth-order valence-electron chi connectivity index (χ4n) is 2.70. The van der Waals surface area contributed by atoms with Gasteiger partial charge in [0.05, 0.1) is 5.39 Å². The van der Waals surface area contributed by atoms with Gasteiger partial charge in [-0.15, -0.1) is 11.3 Å². The van der Waals surface area contributed by atoms with Gasteiger partial charge in [-0.05, 0) is 38.2 Å². The van der Waals surface area contributed by atoms with Crippen molar-refractivity contribution in [1.82, 2.24) is 19.6 Å². The average molecular weight is 244 g/mol. The largest absolute Gasteiger partial charge is 0.222 e. The van der Waals surface area contributed by atoms with Gasteiger partial charge < -0.3 is 0 Å². The molecule has 0 saturated carbocycles. The monoisotopic (exact) mass is 244 g/mol. The van der Waals surface area contributed by atoms with Crippen molar-refractivity contribution in [3.8, 4) is 0 Å². The van der Waals surface area contributed by atoms with Crippen molar-refractivity contribution >= 4 is 27.2 Å². The Morgan fingerprint density at radius 1 is 1.29 bits per heavy atom. The van der Waals surface area contributed by atoms with Gasteiger partial charge in [0.2, 0.25) is 0 Å². The van der Waals surface area contributed by atoms with E-state index in [4.69, 9.17) is 0 Å². The molecule has 0 amide bonds. The second-order valence-electron chi connectivity index (χ2n) is 4.55. The highest BCUT2D eigenvalue weighted by Crippen LogP contribution is 2.37. The van der Waals surface area contributed by atoms with Gasteiger partial charge in [-0.2, -0.15) is 9.61 Å². The van der Waals surface area contributed by atoms with Gasteiger partial charge in [-0.1, -0.05) is 0 Å². The van der Waals surface area contributed by atoms with E-state index < -0.39 is 0 Å². The lowest BCUT2D eigenvalue weighted by Gasteiger charge is -2.10. The van der Waals surface area contributed by atoms with Gasteiger partial charge in [0.25, 0.3) is 0 Å². The topological polar surface area (TPSA) is 43.1 Å². The summed E-state index contributed by atoms with van der Waals surface area (Å²) < 4.78 is 1.85. The number of hydrogen-bond donors (Lipinski definition) is 0. The van der Waals surface area contributed by atoms with Gasteiger partial charge >= 0.3 is 0 Å². The van der Waals surface area contributed by atoms with Crippen molar-refractivity contribution in [2.45, 2.75) is 32.6 Å². The van der Waals surface area contributed by atoms with E-state index in [0.29, 0.717) is 0 Å². The third kappa shape index (κ3) is 1.20. The van der Waals surface area contributed by atoms with Gasteiger partial charge in [0.15, 0.2) is 5.65 Å². The Bertz CT molecular complexity index is 725. The Hall–Kier alpha value is -1.49. The quantitative estimate of drug-likeness (QED) is 0.610. The van der Waals surface area contributed by atoms with Gasteiger partial charge in [0.1, 0.15) is 17.0 Å². The van der Waals surface area contributed by atoms with Crippen LogP contribution in [0.15, 0.2) is 6.33 Å². The summed E-state index contributed by atoms with van der Waals surface area (Å²) in [6.45, 7) is 1.99. The number of thiophene rings is 1. The molecule has 3 heterocycles. The molecule has 0 spiro atoms. The van der Waals surface area contributed by atoms with Crippen LogP contribution in [-0.4, -0.2) is 19.6 Å². The molecule has 0 fully saturated rings. The minimum absolute atomic E-state index is 0.920. The molecule has 0 radical (unpaired) electrons. The maximum absolute atomic E-state index is 4.66. The molecule has 0 aromatic carbocycles. The standard InChI is InChI=1S/C12H12N4S/c1-7-15-12-10(11-13-6-14-16(7)11)8-4-2-3-5-9(8)17-12/h6H,2-5H2,1H3. The van der Waals surface area contributed by atoms with Crippen molar-refractivity contribution < 1.29 is 0 Å². The van der Waals surface area contributed by atoms with Crippen LogP contribution in [0.4, 0.5) is 0 Å². The van der Waals surface area contributed by atoms with Crippen molar-refractivity contribution in [1.29, 1.82) is 0 Å². The fourth-order valence-corrected chi connectivity index (χ4v) is 4.01. The van der Waals surface area contributed by atoms with Crippen LogP contribution >= 0.6 is 11.3 Å². The number of aromatic nitrogens is 4. The van der Waals surface area contributed by atoms with Gasteiger partial charge in [-0.25, -0.2) is 9.97 Å². The Morgan fingerprint density at radius 2 is 2.18 bits per heavy atom. The molecule has 3 aromatic rings. The van der Waals surface area contributed by atoms with Crippen LogP contribution in [0.1, 0.15) is 29.1 Å². The van der Waals surface area contributed by atoms with E-state index in [1.54, 1.807) is 6.33 Å². The molecule has 1 aliphatic rings. The number of nitrogens with zero attached hydrogens (tertiary/aromatic N) is 4. The van der Waals surface area contributed by atoms with Crippen molar-refractivity contribution in [3.63, 3.8) is 0 Å². The summed E-state index contributed by atoms with van der Waals surface area (Å²) in [7, 11) is 0. The van der Waals surface area contributed by atoms with Crippen LogP contribution in [-0.2, 0) is 12.8 Å². The van der Waals surface area contributed by atoms with E-state index in [9.17, 15) is 0 Å². The Kier molecular flexibility index (Phi) is 1.83. The first-order valence-electron chi connectivity index (χ1n) is 5.95. The van der Waals surface area contributed by atoms with Crippen LogP contribution in [0.2, 0.25) is 0 Å². The molecule has 17 heavy (non-hydrogen) atoms. The molecule has 0 saturated heterocycles. The van der Waals surface area contributed by atoms with Crippen LogP contribution < -0.4 is 0 Å². The summed E-state index contributed by atoms with van der Waals surface area (Å²) in [5.41, 5.74) is 2.45. The van der Waals surface area contributed by atoms with Gasteiger partial charge in [0, 0.05) is 4.88 Å². The van der Waals surface area contributed by atoms with Gasteiger partial charge in [-0.3, -0.25) is 0 Å². The number of fused-ring (bicyclic) bond motifs is 5. The third-order valence-electron chi connectivity index (χ3n) is 3.49. The maximum atomic E-state index is 4.66. The Balaban J connectivity index is 2.23. The first kappa shape index (κ1) is 9.53. The van der Waals surface area contributed by atoms with Crippen LogP contribution in [0.25, 0.3) is 15.9 Å². The van der Waals surface area contributed by atoms with E-state index in [1.807, 2.05) is 22.8 Å². The summed E-state index contributed by atoms with van der Waals surface area (Å²) in [6, 6.07) is 0. The highest BCUT2D eigenvalue weighted by Gasteiger charge is 2.20. The second-order valence-corrected chi connectivity index (χ2v) is 5.63. The molecule has 4 nitrogen and oxygen atoms in total. The summed E-state index contributed by atoms with van der Waals surface area (Å²) in [4.78, 5) is 11.7. The first-order valence-corrected chi connectivity index (χ1v) is 6.77. The van der Waals surface area contributed by atoms with Crippen LogP contribution in [0.5, 0.6) is 0 Å². The number of hydrogen-bond acceptors (Lipinski definition) is 4. The molecular formula is C12H12N4S. The van der Waals surface area contributed by atoms with Crippen LogP contribution in [0.3, 0.4) is 0 Å². The fraction of sp³-hybridized carbons (Fsp3) is 0.417. The zero-order valence-corrected chi connectivity index (χ0v) is 10.4. The van der Waals surface area contributed by atoms with E-state index in [1.165, 1.54) is 41.5 Å². The predicted octanol–water partition coefficient (Wildman–Crippen LogP) is 2.53. The molecule has 3 aromatic heterocycles. The second kappa shape index (κ2) is 3.26. The molecule has 0 aliphatic heterocycles. The highest BCUT2D eigenvalue weighted by molar-refractivity contribution is 7.19. The minimum Gasteiger partial charge on any atom is -0.222 e. The molecule has 0 atom stereocenters. The van der Waals surface area contributed by atoms with Crippen LogP contribution in [0, 0.1) is 6.92 Å². The molecule has 0 N–H and O–H groups in total. The molecule has 86 valence electrons. The summed E-state index contributed by atoms with van der Waals surface area (Å²) >= 11 is 1.84. The van der Waals surface area contributed by atoms with Crippen molar-refractivity contribution in [2.24, 2.45) is 0 Å². The predicted molar refractivity (Wildman–Crippen MR) is 67.5 cm³/mol. The molecule has 0 unspecified atom stereocenters. The van der Waals surface area contributed by atoms with E-state index in [2.05, 4.69) is 15.1 Å². The third-order valence-corrected chi connectivity index (χ3v) is 4.68. The van der Waals surface area contributed by atoms with Crippen molar-refractivity contribution in [3.05, 3.63) is 22.6 Å². The summed E-state index contributed by atoms with van der Waals surface area (Å²) in [5.74, 6) is 0.920. The molecule has 0 bridgehead atoms. The maximum Gasteiger partial charge on any atom is 0.167 e. The first-order chi connectivity index (χ1) is 8.34. The normalized spacial score (nSPS) is 15.6. The molecule has 5 heteroatoms. The SMILES string of the molecule is Cc1nc2sc3c(c2c2ncnn12)CCCC3. The minimum atomic E-state index is 0.920. The highest BCUT2D eigenvalue weighted by atomic mass is 32.1. The smallest absolute Gasteiger partial charge is 0.167 e. The molecular weight excluding hydrogens is 232 g/mol. The molecule has 1 aliphatic carbocycles. The summed E-state index contributed by atoms with van der Waals surface area (Å²) in [5, 5.41) is 5.49. The van der Waals surface area contributed by atoms with E-state index >= 15 is 0 Å². The summed E-state index contributed by atoms with van der Waals surface area (Å²) in [6.07, 6.45) is 6.59. The van der Waals surface area contributed by atoms with E-state index in [-0.39, 0.29) is 0 Å². The lowest BCUT2D eigenvalue weighted by Crippen LogP contribution is -2.01. The number of rotatable bonds is 0. The zero-order valence-electron chi connectivity index (χ0n) is 9.60. The Labute approximate surface area is 102 Å². The zero-order chi connectivity index (χ0) is 11.4. The van der Waals surface area contributed by atoms with Crippen molar-refractivity contribution in [2.75, 3.05) is 0 Å². The Morgan fingerprint density at radius 3 is 3.12 bits per heavy atom. The van der Waals surface area contributed by atoms with E-state index in [0.717, 1.165) is 16.3 Å². The molecule has 4 rings (SSSR count). The lowest BCUT2D eigenvalue weighted by atomic mass is 9.97. The number of aryl methyl sites for hydroxylation is 3. The average Bonchev–Trinajstić information content (AvgIpc) is 2.90.